The highest BCUT2D eigenvalue weighted by molar-refractivity contribution is 7.15. The van der Waals surface area contributed by atoms with Crippen LogP contribution in [0.3, 0.4) is 0 Å². The summed E-state index contributed by atoms with van der Waals surface area (Å²) in [5, 5.41) is 16.9. The number of rotatable bonds is 3. The first-order valence-corrected chi connectivity index (χ1v) is 6.27. The number of hydrogen-bond acceptors (Lipinski definition) is 5. The topological polar surface area (TPSA) is 49.2 Å². The van der Waals surface area contributed by atoms with Gasteiger partial charge < -0.3 is 10.0 Å². The monoisotopic (exact) mass is 325 g/mol. The SMILES string of the molecule is CN(C)c1nnc(C(O)c2c(F)c(F)c(F)c(F)c2F)s1. The molecule has 1 heterocycles. The van der Waals surface area contributed by atoms with Gasteiger partial charge in [0.05, 0.1) is 5.56 Å². The van der Waals surface area contributed by atoms with E-state index in [-0.39, 0.29) is 5.01 Å². The van der Waals surface area contributed by atoms with E-state index in [9.17, 15) is 27.1 Å². The molecule has 0 spiro atoms. The Morgan fingerprint density at radius 3 is 1.81 bits per heavy atom. The molecule has 21 heavy (non-hydrogen) atoms. The number of halogens is 5. The smallest absolute Gasteiger partial charge is 0.207 e. The first-order valence-electron chi connectivity index (χ1n) is 5.45. The van der Waals surface area contributed by atoms with Crippen molar-refractivity contribution in [2.24, 2.45) is 0 Å². The number of hydrogen-bond donors (Lipinski definition) is 1. The van der Waals surface area contributed by atoms with Crippen LogP contribution in [-0.2, 0) is 0 Å². The molecule has 1 N–H and O–H groups in total. The highest BCUT2D eigenvalue weighted by Crippen LogP contribution is 2.33. The minimum atomic E-state index is -2.29. The molecule has 1 unspecified atom stereocenters. The average Bonchev–Trinajstić information content (AvgIpc) is 2.93. The minimum Gasteiger partial charge on any atom is -0.381 e. The summed E-state index contributed by atoms with van der Waals surface area (Å²) in [4.78, 5) is 1.51. The van der Waals surface area contributed by atoms with Crippen LogP contribution in [-0.4, -0.2) is 29.4 Å². The molecule has 1 aromatic heterocycles. The van der Waals surface area contributed by atoms with Crippen LogP contribution >= 0.6 is 11.3 Å². The first kappa shape index (κ1) is 15.6. The highest BCUT2D eigenvalue weighted by Gasteiger charge is 2.32. The van der Waals surface area contributed by atoms with Gasteiger partial charge in [-0.05, 0) is 0 Å². The van der Waals surface area contributed by atoms with Crippen molar-refractivity contribution in [2.75, 3.05) is 19.0 Å². The van der Waals surface area contributed by atoms with Crippen molar-refractivity contribution in [1.82, 2.24) is 10.2 Å². The standard InChI is InChI=1S/C11H8F5N3OS/c1-19(2)11-18-17-10(21-11)9(20)3-4(12)6(14)8(16)7(15)5(3)13/h9,20H,1-2H3. The molecule has 0 saturated heterocycles. The summed E-state index contributed by atoms with van der Waals surface area (Å²) in [5.74, 6) is -10.7. The fourth-order valence-electron chi connectivity index (χ4n) is 1.50. The summed E-state index contributed by atoms with van der Waals surface area (Å²) >= 11 is 0.759. The molecule has 10 heteroatoms. The van der Waals surface area contributed by atoms with Gasteiger partial charge in [-0.1, -0.05) is 11.3 Å². The zero-order chi connectivity index (χ0) is 15.9. The predicted octanol–water partition coefficient (Wildman–Crippen LogP) is 2.38. The lowest BCUT2D eigenvalue weighted by Gasteiger charge is -2.12. The van der Waals surface area contributed by atoms with Gasteiger partial charge in [-0.2, -0.15) is 0 Å². The van der Waals surface area contributed by atoms with Crippen LogP contribution in [0.15, 0.2) is 0 Å². The predicted molar refractivity (Wildman–Crippen MR) is 64.5 cm³/mol. The third kappa shape index (κ3) is 2.56. The lowest BCUT2D eigenvalue weighted by molar-refractivity contribution is 0.201. The second kappa shape index (κ2) is 5.53. The van der Waals surface area contributed by atoms with E-state index in [4.69, 9.17) is 0 Å². The van der Waals surface area contributed by atoms with Crippen molar-refractivity contribution in [3.05, 3.63) is 39.7 Å². The van der Waals surface area contributed by atoms with E-state index < -0.39 is 40.8 Å². The molecule has 1 aromatic carbocycles. The fourth-order valence-corrected chi connectivity index (χ4v) is 2.27. The molecule has 0 aliphatic carbocycles. The van der Waals surface area contributed by atoms with Crippen LogP contribution in [0.2, 0.25) is 0 Å². The normalized spacial score (nSPS) is 12.6. The molecule has 2 rings (SSSR count). The molecule has 0 aliphatic rings. The molecular weight excluding hydrogens is 317 g/mol. The summed E-state index contributed by atoms with van der Waals surface area (Å²) < 4.78 is 66.3. The molecule has 4 nitrogen and oxygen atoms in total. The van der Waals surface area contributed by atoms with E-state index in [2.05, 4.69) is 10.2 Å². The molecule has 0 radical (unpaired) electrons. The van der Waals surface area contributed by atoms with E-state index in [0.29, 0.717) is 5.13 Å². The van der Waals surface area contributed by atoms with Gasteiger partial charge in [0.2, 0.25) is 10.9 Å². The van der Waals surface area contributed by atoms with Crippen molar-refractivity contribution in [3.63, 3.8) is 0 Å². The summed E-state index contributed by atoms with van der Waals surface area (Å²) in [6, 6.07) is 0. The van der Waals surface area contributed by atoms with Crippen LogP contribution in [0.5, 0.6) is 0 Å². The Kier molecular flexibility index (Phi) is 4.10. The fraction of sp³-hybridized carbons (Fsp3) is 0.273. The van der Waals surface area contributed by atoms with Gasteiger partial charge in [-0.3, -0.25) is 0 Å². The van der Waals surface area contributed by atoms with Gasteiger partial charge in [0.1, 0.15) is 6.10 Å². The van der Waals surface area contributed by atoms with Crippen molar-refractivity contribution < 1.29 is 27.1 Å². The van der Waals surface area contributed by atoms with Crippen molar-refractivity contribution in [2.45, 2.75) is 6.10 Å². The van der Waals surface area contributed by atoms with Crippen molar-refractivity contribution in [3.8, 4) is 0 Å². The molecule has 0 fully saturated rings. The van der Waals surface area contributed by atoms with Crippen LogP contribution in [0.4, 0.5) is 27.1 Å². The molecule has 114 valence electrons. The third-order valence-corrected chi connectivity index (χ3v) is 3.71. The Hall–Kier alpha value is -1.81. The molecule has 0 aliphatic heterocycles. The highest BCUT2D eigenvalue weighted by atomic mass is 32.1. The van der Waals surface area contributed by atoms with E-state index in [0.717, 1.165) is 11.3 Å². The Morgan fingerprint density at radius 2 is 1.38 bits per heavy atom. The van der Waals surface area contributed by atoms with Crippen molar-refractivity contribution >= 4 is 16.5 Å². The largest absolute Gasteiger partial charge is 0.381 e. The van der Waals surface area contributed by atoms with Gasteiger partial charge >= 0.3 is 0 Å². The number of anilines is 1. The van der Waals surface area contributed by atoms with Crippen LogP contribution < -0.4 is 4.90 Å². The molecule has 0 saturated carbocycles. The van der Waals surface area contributed by atoms with E-state index in [1.54, 1.807) is 14.1 Å². The van der Waals surface area contributed by atoms with Gasteiger partial charge in [-0.15, -0.1) is 10.2 Å². The minimum absolute atomic E-state index is 0.290. The quantitative estimate of drug-likeness (QED) is 0.535. The molecular formula is C11H8F5N3OS. The van der Waals surface area contributed by atoms with E-state index in [1.807, 2.05) is 0 Å². The maximum absolute atomic E-state index is 13.6. The third-order valence-electron chi connectivity index (χ3n) is 2.56. The summed E-state index contributed by atoms with van der Waals surface area (Å²) in [7, 11) is 3.21. The molecule has 1 atom stereocenters. The van der Waals surface area contributed by atoms with Gasteiger partial charge in [-0.25, -0.2) is 22.0 Å². The zero-order valence-electron chi connectivity index (χ0n) is 10.7. The van der Waals surface area contributed by atoms with Gasteiger partial charge in [0.25, 0.3) is 0 Å². The van der Waals surface area contributed by atoms with E-state index in [1.165, 1.54) is 4.90 Å². The average molecular weight is 325 g/mol. The van der Waals surface area contributed by atoms with Gasteiger partial charge in [0, 0.05) is 14.1 Å². The summed E-state index contributed by atoms with van der Waals surface area (Å²) in [6.07, 6.45) is -2.11. The summed E-state index contributed by atoms with van der Waals surface area (Å²) in [6.45, 7) is 0. The number of nitrogens with zero attached hydrogens (tertiary/aromatic N) is 3. The van der Waals surface area contributed by atoms with Crippen LogP contribution in [0, 0.1) is 29.1 Å². The van der Waals surface area contributed by atoms with Crippen molar-refractivity contribution in [1.29, 1.82) is 0 Å². The second-order valence-corrected chi connectivity index (χ2v) is 5.19. The second-order valence-electron chi connectivity index (χ2n) is 4.20. The van der Waals surface area contributed by atoms with Crippen LogP contribution in [0.1, 0.15) is 16.7 Å². The van der Waals surface area contributed by atoms with Gasteiger partial charge in [0.15, 0.2) is 28.3 Å². The Bertz CT molecular complexity index is 662. The Balaban J connectivity index is 2.55. The molecule has 0 bridgehead atoms. The zero-order valence-corrected chi connectivity index (χ0v) is 11.5. The lowest BCUT2D eigenvalue weighted by Crippen LogP contribution is -2.12. The first-order chi connectivity index (χ1) is 9.75. The Morgan fingerprint density at radius 1 is 0.905 bits per heavy atom. The number of benzene rings is 1. The molecule has 2 aromatic rings. The van der Waals surface area contributed by atoms with Crippen LogP contribution in [0.25, 0.3) is 0 Å². The number of aliphatic hydroxyl groups is 1. The molecule has 0 amide bonds. The number of aliphatic hydroxyl groups excluding tert-OH is 1. The number of aromatic nitrogens is 2. The van der Waals surface area contributed by atoms with E-state index >= 15 is 0 Å². The summed E-state index contributed by atoms with van der Waals surface area (Å²) in [5.41, 5.74) is -1.35. The lowest BCUT2D eigenvalue weighted by atomic mass is 10.1. The maximum Gasteiger partial charge on any atom is 0.207 e. The Labute approximate surface area is 119 Å². The maximum atomic E-state index is 13.6.